The normalized spacial score (nSPS) is 34.8. The van der Waals surface area contributed by atoms with Gasteiger partial charge < -0.3 is 5.32 Å². The van der Waals surface area contributed by atoms with Gasteiger partial charge >= 0.3 is 0 Å². The fourth-order valence-electron chi connectivity index (χ4n) is 2.30. The molecule has 2 rings (SSSR count). The summed E-state index contributed by atoms with van der Waals surface area (Å²) in [6.07, 6.45) is 8.38. The summed E-state index contributed by atoms with van der Waals surface area (Å²) in [6.45, 7) is 1.25. The predicted molar refractivity (Wildman–Crippen MR) is 57.2 cm³/mol. The van der Waals surface area contributed by atoms with Gasteiger partial charge in [0.05, 0.1) is 0 Å². The Bertz CT molecular complexity index is 156. The molecule has 0 radical (unpaired) electrons. The molecule has 2 fully saturated rings. The summed E-state index contributed by atoms with van der Waals surface area (Å²) in [7, 11) is 0. The van der Waals surface area contributed by atoms with Crippen LogP contribution in [-0.4, -0.2) is 18.5 Å². The summed E-state index contributed by atoms with van der Waals surface area (Å²) < 4.78 is 0. The van der Waals surface area contributed by atoms with Crippen molar-refractivity contribution < 1.29 is 0 Å². The van der Waals surface area contributed by atoms with E-state index in [0.29, 0.717) is 0 Å². The van der Waals surface area contributed by atoms with E-state index >= 15 is 0 Å². The maximum Gasteiger partial charge on any atom is 0.0266 e. The quantitative estimate of drug-likeness (QED) is 0.690. The molecule has 1 N–H and O–H groups in total. The van der Waals surface area contributed by atoms with Crippen molar-refractivity contribution in [1.29, 1.82) is 0 Å². The SMILES string of the molecule is ClCC1CCCCC1NCC1CC1. The van der Waals surface area contributed by atoms with E-state index in [1.54, 1.807) is 0 Å². The highest BCUT2D eigenvalue weighted by Gasteiger charge is 2.27. The monoisotopic (exact) mass is 201 g/mol. The van der Waals surface area contributed by atoms with Crippen LogP contribution in [0.1, 0.15) is 38.5 Å². The Morgan fingerprint density at radius 2 is 1.85 bits per heavy atom. The third-order valence-corrected chi connectivity index (χ3v) is 3.87. The summed E-state index contributed by atoms with van der Waals surface area (Å²) in [6, 6.07) is 0.729. The molecular weight excluding hydrogens is 182 g/mol. The van der Waals surface area contributed by atoms with Crippen LogP contribution < -0.4 is 5.32 Å². The molecule has 0 aliphatic heterocycles. The Kier molecular flexibility index (Phi) is 3.51. The zero-order valence-corrected chi connectivity index (χ0v) is 9.02. The van der Waals surface area contributed by atoms with Gasteiger partial charge in [-0.3, -0.25) is 0 Å². The van der Waals surface area contributed by atoms with Crippen LogP contribution in [0.25, 0.3) is 0 Å². The van der Waals surface area contributed by atoms with Gasteiger partial charge in [-0.05, 0) is 44.1 Å². The second-order valence-electron chi connectivity index (χ2n) is 4.66. The summed E-state index contributed by atoms with van der Waals surface area (Å²) in [5, 5.41) is 3.70. The van der Waals surface area contributed by atoms with Gasteiger partial charge in [-0.1, -0.05) is 12.8 Å². The molecule has 0 saturated heterocycles. The van der Waals surface area contributed by atoms with E-state index < -0.39 is 0 Å². The summed E-state index contributed by atoms with van der Waals surface area (Å²) in [5.41, 5.74) is 0. The molecule has 13 heavy (non-hydrogen) atoms. The molecule has 0 bridgehead atoms. The Labute approximate surface area is 86.2 Å². The average Bonchev–Trinajstić information content (AvgIpc) is 2.99. The first kappa shape index (κ1) is 9.79. The van der Waals surface area contributed by atoms with Crippen molar-refractivity contribution in [2.75, 3.05) is 12.4 Å². The van der Waals surface area contributed by atoms with E-state index in [0.717, 1.165) is 23.8 Å². The molecule has 1 nitrogen and oxygen atoms in total. The zero-order chi connectivity index (χ0) is 9.10. The molecule has 0 aromatic carbocycles. The first-order valence-corrected chi connectivity index (χ1v) is 6.23. The number of nitrogens with one attached hydrogen (secondary N) is 1. The van der Waals surface area contributed by atoms with Crippen molar-refractivity contribution in [2.24, 2.45) is 11.8 Å². The van der Waals surface area contributed by atoms with E-state index in [2.05, 4.69) is 5.32 Å². The first-order valence-electron chi connectivity index (χ1n) is 5.69. The third kappa shape index (κ3) is 2.85. The van der Waals surface area contributed by atoms with Crippen LogP contribution in [0.3, 0.4) is 0 Å². The van der Waals surface area contributed by atoms with Crippen molar-refractivity contribution in [3.05, 3.63) is 0 Å². The maximum absolute atomic E-state index is 5.97. The van der Waals surface area contributed by atoms with Crippen molar-refractivity contribution in [2.45, 2.75) is 44.6 Å². The van der Waals surface area contributed by atoms with Gasteiger partial charge in [-0.15, -0.1) is 11.6 Å². The molecule has 0 amide bonds. The van der Waals surface area contributed by atoms with Crippen molar-refractivity contribution in [3.63, 3.8) is 0 Å². The fourth-order valence-corrected chi connectivity index (χ4v) is 2.67. The van der Waals surface area contributed by atoms with Crippen LogP contribution in [0, 0.1) is 11.8 Å². The molecule has 2 heteroatoms. The number of rotatable bonds is 4. The molecule has 76 valence electrons. The van der Waals surface area contributed by atoms with Crippen LogP contribution in [0.2, 0.25) is 0 Å². The second kappa shape index (κ2) is 4.65. The molecule has 0 spiro atoms. The molecular formula is C11H20ClN. The van der Waals surface area contributed by atoms with Crippen molar-refractivity contribution in [3.8, 4) is 0 Å². The minimum absolute atomic E-state index is 0.729. The molecule has 0 heterocycles. The lowest BCUT2D eigenvalue weighted by Crippen LogP contribution is -2.40. The largest absolute Gasteiger partial charge is 0.313 e. The van der Waals surface area contributed by atoms with Crippen molar-refractivity contribution in [1.82, 2.24) is 5.32 Å². The Hall–Kier alpha value is 0.250. The third-order valence-electron chi connectivity index (χ3n) is 3.47. The molecule has 2 atom stereocenters. The number of hydrogen-bond acceptors (Lipinski definition) is 1. The molecule has 2 aliphatic carbocycles. The lowest BCUT2D eigenvalue weighted by molar-refractivity contribution is 0.281. The van der Waals surface area contributed by atoms with Gasteiger partial charge in [-0.2, -0.15) is 0 Å². The lowest BCUT2D eigenvalue weighted by Gasteiger charge is -2.31. The highest BCUT2D eigenvalue weighted by Crippen LogP contribution is 2.30. The lowest BCUT2D eigenvalue weighted by atomic mass is 9.86. The highest BCUT2D eigenvalue weighted by atomic mass is 35.5. The van der Waals surface area contributed by atoms with Crippen molar-refractivity contribution >= 4 is 11.6 Å². The number of hydrogen-bond donors (Lipinski definition) is 1. The summed E-state index contributed by atoms with van der Waals surface area (Å²) >= 11 is 5.97. The zero-order valence-electron chi connectivity index (χ0n) is 8.27. The molecule has 0 aromatic heterocycles. The van der Waals surface area contributed by atoms with E-state index in [-0.39, 0.29) is 0 Å². The highest BCUT2D eigenvalue weighted by molar-refractivity contribution is 6.18. The minimum Gasteiger partial charge on any atom is -0.313 e. The van der Waals surface area contributed by atoms with E-state index in [1.807, 2.05) is 0 Å². The van der Waals surface area contributed by atoms with Crippen LogP contribution in [0.15, 0.2) is 0 Å². The average molecular weight is 202 g/mol. The Morgan fingerprint density at radius 1 is 1.08 bits per heavy atom. The van der Waals surface area contributed by atoms with Gasteiger partial charge in [0.2, 0.25) is 0 Å². The number of alkyl halides is 1. The Balaban J connectivity index is 1.72. The van der Waals surface area contributed by atoms with Crippen LogP contribution in [-0.2, 0) is 0 Å². The van der Waals surface area contributed by atoms with E-state index in [9.17, 15) is 0 Å². The standard InChI is InChI=1S/C11H20ClN/c12-7-10-3-1-2-4-11(10)13-8-9-5-6-9/h9-11,13H,1-8H2. The van der Waals surface area contributed by atoms with E-state index in [4.69, 9.17) is 11.6 Å². The van der Waals surface area contributed by atoms with Crippen LogP contribution in [0.4, 0.5) is 0 Å². The van der Waals surface area contributed by atoms with Crippen LogP contribution in [0.5, 0.6) is 0 Å². The first-order chi connectivity index (χ1) is 6.40. The second-order valence-corrected chi connectivity index (χ2v) is 4.97. The van der Waals surface area contributed by atoms with Gasteiger partial charge in [0.15, 0.2) is 0 Å². The summed E-state index contributed by atoms with van der Waals surface area (Å²) in [4.78, 5) is 0. The van der Waals surface area contributed by atoms with Gasteiger partial charge in [-0.25, -0.2) is 0 Å². The maximum atomic E-state index is 5.97. The topological polar surface area (TPSA) is 12.0 Å². The fraction of sp³-hybridized carbons (Fsp3) is 1.00. The smallest absolute Gasteiger partial charge is 0.0266 e. The predicted octanol–water partition coefficient (Wildman–Crippen LogP) is 2.78. The van der Waals surface area contributed by atoms with Crippen LogP contribution >= 0.6 is 11.6 Å². The summed E-state index contributed by atoms with van der Waals surface area (Å²) in [5.74, 6) is 2.59. The number of halogens is 1. The molecule has 2 unspecified atom stereocenters. The van der Waals surface area contributed by atoms with Gasteiger partial charge in [0.1, 0.15) is 0 Å². The molecule has 2 saturated carbocycles. The minimum atomic E-state index is 0.729. The van der Waals surface area contributed by atoms with Gasteiger partial charge in [0, 0.05) is 11.9 Å². The molecule has 2 aliphatic rings. The van der Waals surface area contributed by atoms with Gasteiger partial charge in [0.25, 0.3) is 0 Å². The molecule has 0 aromatic rings. The Morgan fingerprint density at radius 3 is 2.54 bits per heavy atom. The van der Waals surface area contributed by atoms with E-state index in [1.165, 1.54) is 45.1 Å².